The summed E-state index contributed by atoms with van der Waals surface area (Å²) < 4.78 is 7.40. The summed E-state index contributed by atoms with van der Waals surface area (Å²) in [6.07, 6.45) is 3.77. The minimum absolute atomic E-state index is 0.711. The molecule has 0 aliphatic heterocycles. The first-order valence-corrected chi connectivity index (χ1v) is 8.34. The zero-order valence-corrected chi connectivity index (χ0v) is 14.1. The Labute approximate surface area is 129 Å². The van der Waals surface area contributed by atoms with Crippen LogP contribution in [0.5, 0.6) is 0 Å². The predicted octanol–water partition coefficient (Wildman–Crippen LogP) is 5.19. The van der Waals surface area contributed by atoms with Crippen LogP contribution < -0.4 is 5.32 Å². The fourth-order valence-electron chi connectivity index (χ4n) is 2.98. The molecule has 2 aromatic rings. The zero-order valence-electron chi connectivity index (χ0n) is 12.5. The van der Waals surface area contributed by atoms with Gasteiger partial charge in [-0.25, -0.2) is 0 Å². The van der Waals surface area contributed by atoms with Gasteiger partial charge in [0.15, 0.2) is 0 Å². The summed E-state index contributed by atoms with van der Waals surface area (Å²) in [4.78, 5) is 0. The van der Waals surface area contributed by atoms with Crippen LogP contribution >= 0.6 is 15.9 Å². The lowest BCUT2D eigenvalue weighted by Crippen LogP contribution is -2.14. The summed E-state index contributed by atoms with van der Waals surface area (Å²) in [5.74, 6) is 1.86. The van der Waals surface area contributed by atoms with E-state index in [2.05, 4.69) is 48.1 Å². The smallest absolute Gasteiger partial charge is 0.135 e. The molecule has 0 unspecified atom stereocenters. The third-order valence-electron chi connectivity index (χ3n) is 4.15. The van der Waals surface area contributed by atoms with Crippen molar-refractivity contribution in [2.45, 2.75) is 52.5 Å². The molecule has 1 aromatic heterocycles. The molecule has 0 amide bonds. The minimum Gasteiger partial charge on any atom is -0.459 e. The molecule has 0 atom stereocenters. The van der Waals surface area contributed by atoms with Crippen molar-refractivity contribution in [1.29, 1.82) is 0 Å². The van der Waals surface area contributed by atoms with E-state index in [1.165, 1.54) is 39.4 Å². The summed E-state index contributed by atoms with van der Waals surface area (Å²) >= 11 is 3.72. The number of fused-ring (bicyclic) bond motifs is 1. The second-order valence-corrected chi connectivity index (χ2v) is 6.69. The number of hydrogen-bond acceptors (Lipinski definition) is 2. The van der Waals surface area contributed by atoms with Crippen molar-refractivity contribution in [2.75, 3.05) is 6.54 Å². The van der Waals surface area contributed by atoms with E-state index in [0.717, 1.165) is 30.9 Å². The number of halogens is 1. The largest absolute Gasteiger partial charge is 0.459 e. The van der Waals surface area contributed by atoms with Crippen molar-refractivity contribution < 1.29 is 4.42 Å². The fourth-order valence-corrected chi connectivity index (χ4v) is 3.29. The SMILES string of the molecule is CCCNCc1oc2cc(C)c(Br)c(C)c2c1C1CC1. The Kier molecular flexibility index (Phi) is 3.91. The minimum atomic E-state index is 0.711. The summed E-state index contributed by atoms with van der Waals surface area (Å²) in [6.45, 7) is 8.42. The van der Waals surface area contributed by atoms with E-state index in [0.29, 0.717) is 5.92 Å². The molecule has 1 heterocycles. The Morgan fingerprint density at radius 1 is 1.35 bits per heavy atom. The molecular weight excluding hydrogens is 314 g/mol. The molecule has 0 radical (unpaired) electrons. The van der Waals surface area contributed by atoms with E-state index in [1.54, 1.807) is 0 Å². The van der Waals surface area contributed by atoms with Crippen LogP contribution in [0.4, 0.5) is 0 Å². The number of hydrogen-bond donors (Lipinski definition) is 1. The van der Waals surface area contributed by atoms with Gasteiger partial charge in [-0.15, -0.1) is 0 Å². The van der Waals surface area contributed by atoms with Crippen molar-refractivity contribution in [3.05, 3.63) is 33.0 Å². The van der Waals surface area contributed by atoms with Crippen LogP contribution in [0.2, 0.25) is 0 Å². The van der Waals surface area contributed by atoms with Gasteiger partial charge in [0.1, 0.15) is 11.3 Å². The van der Waals surface area contributed by atoms with Crippen LogP contribution in [-0.2, 0) is 6.54 Å². The summed E-state index contributed by atoms with van der Waals surface area (Å²) in [5.41, 5.74) is 5.09. The van der Waals surface area contributed by atoms with Crippen LogP contribution in [0.3, 0.4) is 0 Å². The monoisotopic (exact) mass is 335 g/mol. The van der Waals surface area contributed by atoms with Crippen molar-refractivity contribution in [2.24, 2.45) is 0 Å². The van der Waals surface area contributed by atoms with E-state index < -0.39 is 0 Å². The van der Waals surface area contributed by atoms with E-state index in [-0.39, 0.29) is 0 Å². The second kappa shape index (κ2) is 5.53. The Morgan fingerprint density at radius 3 is 2.75 bits per heavy atom. The van der Waals surface area contributed by atoms with E-state index in [4.69, 9.17) is 4.42 Å². The van der Waals surface area contributed by atoms with Crippen molar-refractivity contribution in [3.8, 4) is 0 Å². The van der Waals surface area contributed by atoms with Crippen LogP contribution in [0.1, 0.15) is 54.6 Å². The van der Waals surface area contributed by atoms with E-state index in [9.17, 15) is 0 Å². The van der Waals surface area contributed by atoms with Gasteiger partial charge in [-0.1, -0.05) is 22.9 Å². The van der Waals surface area contributed by atoms with Gasteiger partial charge in [-0.2, -0.15) is 0 Å². The van der Waals surface area contributed by atoms with Crippen LogP contribution in [0, 0.1) is 13.8 Å². The second-order valence-electron chi connectivity index (χ2n) is 5.90. The highest BCUT2D eigenvalue weighted by Crippen LogP contribution is 2.48. The van der Waals surface area contributed by atoms with Gasteiger partial charge in [-0.05, 0) is 62.8 Å². The summed E-state index contributed by atoms with van der Waals surface area (Å²) in [7, 11) is 0. The van der Waals surface area contributed by atoms with Crippen LogP contribution in [0.25, 0.3) is 11.0 Å². The van der Waals surface area contributed by atoms with Gasteiger partial charge in [0.05, 0.1) is 6.54 Å². The molecular formula is C17H22BrNO. The van der Waals surface area contributed by atoms with Gasteiger partial charge >= 0.3 is 0 Å². The lowest BCUT2D eigenvalue weighted by atomic mass is 10.00. The van der Waals surface area contributed by atoms with Gasteiger partial charge in [0.25, 0.3) is 0 Å². The van der Waals surface area contributed by atoms with Crippen molar-refractivity contribution in [3.63, 3.8) is 0 Å². The first-order chi connectivity index (χ1) is 9.63. The highest BCUT2D eigenvalue weighted by atomic mass is 79.9. The van der Waals surface area contributed by atoms with Crippen molar-refractivity contribution >= 4 is 26.9 Å². The van der Waals surface area contributed by atoms with E-state index >= 15 is 0 Å². The lowest BCUT2D eigenvalue weighted by Gasteiger charge is -2.06. The standard InChI is InChI=1S/C17H22BrNO/c1-4-7-19-9-14-16(12-5-6-12)15-11(3)17(18)10(2)8-13(15)20-14/h8,12,19H,4-7,9H2,1-3H3. The van der Waals surface area contributed by atoms with Crippen molar-refractivity contribution in [1.82, 2.24) is 5.32 Å². The quantitative estimate of drug-likeness (QED) is 0.760. The number of rotatable bonds is 5. The predicted molar refractivity (Wildman–Crippen MR) is 87.4 cm³/mol. The van der Waals surface area contributed by atoms with E-state index in [1.807, 2.05) is 0 Å². The van der Waals surface area contributed by atoms with Crippen LogP contribution in [-0.4, -0.2) is 6.54 Å². The number of nitrogens with one attached hydrogen (secondary N) is 1. The third-order valence-corrected chi connectivity index (χ3v) is 5.37. The molecule has 0 spiro atoms. The Hall–Kier alpha value is -0.800. The Bertz CT molecular complexity index is 640. The molecule has 3 heteroatoms. The molecule has 1 aromatic carbocycles. The van der Waals surface area contributed by atoms with Crippen LogP contribution in [0.15, 0.2) is 15.0 Å². The molecule has 2 nitrogen and oxygen atoms in total. The molecule has 108 valence electrons. The molecule has 1 aliphatic rings. The van der Waals surface area contributed by atoms with Gasteiger partial charge in [0.2, 0.25) is 0 Å². The third kappa shape index (κ3) is 2.42. The molecule has 1 fully saturated rings. The van der Waals surface area contributed by atoms with Gasteiger partial charge in [0, 0.05) is 15.4 Å². The molecule has 3 rings (SSSR count). The number of benzene rings is 1. The first kappa shape index (κ1) is 14.2. The number of furan rings is 1. The Balaban J connectivity index is 2.10. The zero-order chi connectivity index (χ0) is 14.3. The number of aryl methyl sites for hydroxylation is 2. The summed E-state index contributed by atoms with van der Waals surface area (Å²) in [6, 6.07) is 2.17. The normalized spacial score (nSPS) is 15.2. The molecule has 0 saturated heterocycles. The highest BCUT2D eigenvalue weighted by Gasteiger charge is 2.31. The average molecular weight is 336 g/mol. The average Bonchev–Trinajstić information content (AvgIpc) is 3.19. The molecule has 1 aliphatic carbocycles. The maximum absolute atomic E-state index is 6.18. The Morgan fingerprint density at radius 2 is 2.10 bits per heavy atom. The van der Waals surface area contributed by atoms with Gasteiger partial charge in [-0.3, -0.25) is 0 Å². The fraction of sp³-hybridized carbons (Fsp3) is 0.529. The summed E-state index contributed by atoms with van der Waals surface area (Å²) in [5, 5.41) is 4.82. The maximum Gasteiger partial charge on any atom is 0.135 e. The lowest BCUT2D eigenvalue weighted by molar-refractivity contribution is 0.507. The highest BCUT2D eigenvalue weighted by molar-refractivity contribution is 9.10. The molecule has 0 bridgehead atoms. The maximum atomic E-state index is 6.18. The molecule has 1 saturated carbocycles. The topological polar surface area (TPSA) is 25.2 Å². The first-order valence-electron chi connectivity index (χ1n) is 7.55. The molecule has 20 heavy (non-hydrogen) atoms. The van der Waals surface area contributed by atoms with Gasteiger partial charge < -0.3 is 9.73 Å². The molecule has 1 N–H and O–H groups in total.